The second-order valence-electron chi connectivity index (χ2n) is 4.60. The number of nitrogens with one attached hydrogen (secondary N) is 2. The van der Waals surface area contributed by atoms with Crippen LogP contribution in [0.5, 0.6) is 5.75 Å². The van der Waals surface area contributed by atoms with Crippen molar-refractivity contribution in [3.8, 4) is 5.75 Å². The third-order valence-electron chi connectivity index (χ3n) is 2.69. The minimum absolute atomic E-state index is 0.128. The van der Waals surface area contributed by atoms with Gasteiger partial charge < -0.3 is 20.5 Å². The number of carbonyl (C=O) groups is 2. The molecule has 0 radical (unpaired) electrons. The molecule has 1 aromatic rings. The highest BCUT2D eigenvalue weighted by atomic mass is 16.5. The average molecular weight is 294 g/mol. The number of anilines is 1. The van der Waals surface area contributed by atoms with Crippen molar-refractivity contribution < 1.29 is 19.4 Å². The van der Waals surface area contributed by atoms with Crippen LogP contribution in [0.1, 0.15) is 32.6 Å². The van der Waals surface area contributed by atoms with E-state index in [1.54, 1.807) is 24.3 Å². The van der Waals surface area contributed by atoms with Crippen LogP contribution in [0.25, 0.3) is 0 Å². The number of urea groups is 1. The highest BCUT2D eigenvalue weighted by molar-refractivity contribution is 5.89. The molecule has 0 spiro atoms. The number of aliphatic carboxylic acids is 1. The summed E-state index contributed by atoms with van der Waals surface area (Å²) in [7, 11) is 0. The number of rotatable bonds is 9. The van der Waals surface area contributed by atoms with E-state index in [1.165, 1.54) is 0 Å². The maximum atomic E-state index is 11.6. The van der Waals surface area contributed by atoms with Crippen LogP contribution < -0.4 is 15.4 Å². The van der Waals surface area contributed by atoms with Gasteiger partial charge >= 0.3 is 12.0 Å². The molecule has 0 aromatic heterocycles. The Bertz CT molecular complexity index is 445. The summed E-state index contributed by atoms with van der Waals surface area (Å²) in [5.41, 5.74) is 0.682. The summed E-state index contributed by atoms with van der Waals surface area (Å²) in [6.45, 7) is 3.16. The molecule has 0 fully saturated rings. The first kappa shape index (κ1) is 16.8. The van der Waals surface area contributed by atoms with Crippen molar-refractivity contribution in [1.82, 2.24) is 5.32 Å². The van der Waals surface area contributed by atoms with Gasteiger partial charge in [-0.2, -0.15) is 0 Å². The van der Waals surface area contributed by atoms with Crippen LogP contribution in [0.15, 0.2) is 24.3 Å². The van der Waals surface area contributed by atoms with Crippen LogP contribution in [0.3, 0.4) is 0 Å². The standard InChI is InChI=1S/C15H22N2O4/c1-2-11-21-13-8-6-12(7-9-13)17-15(20)16-10-4-3-5-14(18)19/h6-9H,2-5,10-11H2,1H3,(H,18,19)(H2,16,17,20). The van der Waals surface area contributed by atoms with Gasteiger partial charge in [0, 0.05) is 18.7 Å². The predicted octanol–water partition coefficient (Wildman–Crippen LogP) is 2.85. The number of unbranched alkanes of at least 4 members (excludes halogenated alkanes) is 1. The zero-order chi connectivity index (χ0) is 15.5. The van der Waals surface area contributed by atoms with E-state index in [-0.39, 0.29) is 12.5 Å². The van der Waals surface area contributed by atoms with Crippen LogP contribution >= 0.6 is 0 Å². The maximum absolute atomic E-state index is 11.6. The first-order chi connectivity index (χ1) is 10.1. The number of hydrogen-bond donors (Lipinski definition) is 3. The minimum Gasteiger partial charge on any atom is -0.494 e. The molecule has 0 saturated carbocycles. The molecular weight excluding hydrogens is 272 g/mol. The highest BCUT2D eigenvalue weighted by Gasteiger charge is 2.02. The van der Waals surface area contributed by atoms with E-state index in [0.717, 1.165) is 12.2 Å². The molecule has 2 amide bonds. The summed E-state index contributed by atoms with van der Waals surface area (Å²) >= 11 is 0. The number of carboxylic acid groups (broad SMARTS) is 1. The Labute approximate surface area is 124 Å². The summed E-state index contributed by atoms with van der Waals surface area (Å²) in [5, 5.41) is 13.9. The summed E-state index contributed by atoms with van der Waals surface area (Å²) in [6, 6.07) is 6.85. The third kappa shape index (κ3) is 7.81. The zero-order valence-corrected chi connectivity index (χ0v) is 12.2. The zero-order valence-electron chi connectivity index (χ0n) is 12.2. The summed E-state index contributed by atoms with van der Waals surface area (Å²) < 4.78 is 5.45. The Morgan fingerprint density at radius 3 is 2.52 bits per heavy atom. The SMILES string of the molecule is CCCOc1ccc(NC(=O)NCCCCC(=O)O)cc1. The quantitative estimate of drug-likeness (QED) is 0.611. The van der Waals surface area contributed by atoms with E-state index < -0.39 is 5.97 Å². The fourth-order valence-corrected chi connectivity index (χ4v) is 1.63. The van der Waals surface area contributed by atoms with E-state index in [2.05, 4.69) is 10.6 Å². The van der Waals surface area contributed by atoms with Crippen LogP contribution in [0.4, 0.5) is 10.5 Å². The molecule has 1 aromatic carbocycles. The van der Waals surface area contributed by atoms with Gasteiger partial charge in [-0.3, -0.25) is 4.79 Å². The number of benzene rings is 1. The molecule has 6 nitrogen and oxygen atoms in total. The number of carboxylic acids is 1. The van der Waals surface area contributed by atoms with E-state index in [0.29, 0.717) is 31.7 Å². The summed E-state index contributed by atoms with van der Waals surface area (Å²) in [6.07, 6.45) is 2.27. The molecule has 0 aliphatic rings. The highest BCUT2D eigenvalue weighted by Crippen LogP contribution is 2.15. The van der Waals surface area contributed by atoms with Crippen molar-refractivity contribution in [2.24, 2.45) is 0 Å². The van der Waals surface area contributed by atoms with Crippen molar-refractivity contribution >= 4 is 17.7 Å². The number of carbonyl (C=O) groups excluding carboxylic acids is 1. The Balaban J connectivity index is 2.23. The Hall–Kier alpha value is -2.24. The predicted molar refractivity (Wildman–Crippen MR) is 80.7 cm³/mol. The molecule has 0 aliphatic carbocycles. The first-order valence-corrected chi connectivity index (χ1v) is 7.11. The molecule has 0 aliphatic heterocycles. The van der Waals surface area contributed by atoms with Gasteiger partial charge in [0.05, 0.1) is 6.61 Å². The van der Waals surface area contributed by atoms with Crippen LogP contribution in [-0.4, -0.2) is 30.3 Å². The van der Waals surface area contributed by atoms with Gasteiger partial charge in [0.25, 0.3) is 0 Å². The lowest BCUT2D eigenvalue weighted by molar-refractivity contribution is -0.137. The fraction of sp³-hybridized carbons (Fsp3) is 0.467. The van der Waals surface area contributed by atoms with Gasteiger partial charge in [-0.05, 0) is 43.5 Å². The molecule has 0 saturated heterocycles. The third-order valence-corrected chi connectivity index (χ3v) is 2.69. The van der Waals surface area contributed by atoms with Crippen molar-refractivity contribution in [2.45, 2.75) is 32.6 Å². The van der Waals surface area contributed by atoms with Crippen LogP contribution in [0, 0.1) is 0 Å². The van der Waals surface area contributed by atoms with E-state index in [9.17, 15) is 9.59 Å². The second kappa shape index (κ2) is 9.63. The first-order valence-electron chi connectivity index (χ1n) is 7.11. The van der Waals surface area contributed by atoms with Crippen molar-refractivity contribution in [3.05, 3.63) is 24.3 Å². The molecular formula is C15H22N2O4. The molecule has 0 unspecified atom stereocenters. The minimum atomic E-state index is -0.815. The Morgan fingerprint density at radius 2 is 1.90 bits per heavy atom. The van der Waals surface area contributed by atoms with Gasteiger partial charge in [0.2, 0.25) is 0 Å². The Morgan fingerprint density at radius 1 is 1.19 bits per heavy atom. The molecule has 3 N–H and O–H groups in total. The topological polar surface area (TPSA) is 87.7 Å². The number of ether oxygens (including phenoxy) is 1. The van der Waals surface area contributed by atoms with Crippen molar-refractivity contribution in [1.29, 1.82) is 0 Å². The van der Waals surface area contributed by atoms with Crippen molar-refractivity contribution in [2.75, 3.05) is 18.5 Å². The van der Waals surface area contributed by atoms with Gasteiger partial charge in [-0.15, -0.1) is 0 Å². The number of amides is 2. The smallest absolute Gasteiger partial charge is 0.319 e. The molecule has 1 rings (SSSR count). The normalized spacial score (nSPS) is 9.95. The largest absolute Gasteiger partial charge is 0.494 e. The molecule has 0 bridgehead atoms. The Kier molecular flexibility index (Phi) is 7.71. The summed E-state index contributed by atoms with van der Waals surface area (Å²) in [4.78, 5) is 21.9. The van der Waals surface area contributed by atoms with Crippen LogP contribution in [-0.2, 0) is 4.79 Å². The van der Waals surface area contributed by atoms with Crippen molar-refractivity contribution in [3.63, 3.8) is 0 Å². The molecule has 116 valence electrons. The van der Waals surface area contributed by atoms with Gasteiger partial charge in [-0.1, -0.05) is 6.92 Å². The van der Waals surface area contributed by atoms with Gasteiger partial charge in [-0.25, -0.2) is 4.79 Å². The molecule has 0 atom stereocenters. The van der Waals surface area contributed by atoms with E-state index in [4.69, 9.17) is 9.84 Å². The molecule has 6 heteroatoms. The van der Waals surface area contributed by atoms with Gasteiger partial charge in [0.1, 0.15) is 5.75 Å². The monoisotopic (exact) mass is 294 g/mol. The average Bonchev–Trinajstić information content (AvgIpc) is 2.46. The fourth-order valence-electron chi connectivity index (χ4n) is 1.63. The van der Waals surface area contributed by atoms with Gasteiger partial charge in [0.15, 0.2) is 0 Å². The second-order valence-corrected chi connectivity index (χ2v) is 4.60. The lowest BCUT2D eigenvalue weighted by Gasteiger charge is -2.08. The van der Waals surface area contributed by atoms with Crippen LogP contribution in [0.2, 0.25) is 0 Å². The lowest BCUT2D eigenvalue weighted by Crippen LogP contribution is -2.29. The molecule has 0 heterocycles. The molecule has 21 heavy (non-hydrogen) atoms. The lowest BCUT2D eigenvalue weighted by atomic mass is 10.2. The number of hydrogen-bond acceptors (Lipinski definition) is 3. The van der Waals surface area contributed by atoms with E-state index in [1.807, 2.05) is 6.92 Å². The maximum Gasteiger partial charge on any atom is 0.319 e. The van der Waals surface area contributed by atoms with E-state index >= 15 is 0 Å². The summed E-state index contributed by atoms with van der Waals surface area (Å²) in [5.74, 6) is -0.0405.